The SMILES string of the molecule is Nc1ccccc1S/C(=C\c1ccccc1)c1ccccc1. The molecule has 0 spiro atoms. The molecule has 0 amide bonds. The van der Waals surface area contributed by atoms with Gasteiger partial charge in [0.2, 0.25) is 0 Å². The van der Waals surface area contributed by atoms with E-state index in [0.717, 1.165) is 10.6 Å². The molecule has 0 aliphatic rings. The third kappa shape index (κ3) is 3.60. The van der Waals surface area contributed by atoms with Gasteiger partial charge in [0.15, 0.2) is 0 Å². The van der Waals surface area contributed by atoms with Crippen molar-refractivity contribution in [1.82, 2.24) is 0 Å². The molecule has 0 heterocycles. The van der Waals surface area contributed by atoms with Crippen molar-refractivity contribution in [3.8, 4) is 0 Å². The summed E-state index contributed by atoms with van der Waals surface area (Å²) in [4.78, 5) is 2.26. The summed E-state index contributed by atoms with van der Waals surface area (Å²) < 4.78 is 0. The fourth-order valence-electron chi connectivity index (χ4n) is 2.17. The quantitative estimate of drug-likeness (QED) is 0.388. The molecule has 3 aromatic carbocycles. The van der Waals surface area contributed by atoms with Crippen molar-refractivity contribution in [2.75, 3.05) is 5.73 Å². The van der Waals surface area contributed by atoms with Crippen LogP contribution in [0, 0.1) is 0 Å². The fourth-order valence-corrected chi connectivity index (χ4v) is 3.19. The number of nitrogen functional groups attached to an aromatic ring is 1. The summed E-state index contributed by atoms with van der Waals surface area (Å²) in [6.45, 7) is 0. The van der Waals surface area contributed by atoms with Gasteiger partial charge in [-0.25, -0.2) is 0 Å². The van der Waals surface area contributed by atoms with Gasteiger partial charge in [-0.2, -0.15) is 0 Å². The second-order valence-corrected chi connectivity index (χ2v) is 6.01. The summed E-state index contributed by atoms with van der Waals surface area (Å²) in [5.74, 6) is 0. The Morgan fingerprint density at radius 1 is 0.727 bits per heavy atom. The molecule has 0 unspecified atom stereocenters. The van der Waals surface area contributed by atoms with Gasteiger partial charge in [-0.1, -0.05) is 84.6 Å². The van der Waals surface area contributed by atoms with E-state index >= 15 is 0 Å². The van der Waals surface area contributed by atoms with Gasteiger partial charge in [0.1, 0.15) is 0 Å². The average molecular weight is 303 g/mol. The molecule has 2 N–H and O–H groups in total. The van der Waals surface area contributed by atoms with Crippen LogP contribution in [0.3, 0.4) is 0 Å². The first-order chi connectivity index (χ1) is 10.8. The molecular weight excluding hydrogens is 286 g/mol. The van der Waals surface area contributed by atoms with E-state index in [9.17, 15) is 0 Å². The maximum Gasteiger partial charge on any atom is 0.0455 e. The number of para-hydroxylation sites is 1. The average Bonchev–Trinajstić information content (AvgIpc) is 2.58. The zero-order chi connectivity index (χ0) is 15.2. The largest absolute Gasteiger partial charge is 0.398 e. The zero-order valence-corrected chi connectivity index (χ0v) is 13.0. The Morgan fingerprint density at radius 2 is 1.32 bits per heavy atom. The van der Waals surface area contributed by atoms with Crippen molar-refractivity contribution in [3.63, 3.8) is 0 Å². The predicted molar refractivity (Wildman–Crippen MR) is 97.5 cm³/mol. The van der Waals surface area contributed by atoms with E-state index in [0.29, 0.717) is 0 Å². The Hall–Kier alpha value is -2.45. The van der Waals surface area contributed by atoms with Crippen LogP contribution in [0.15, 0.2) is 89.8 Å². The van der Waals surface area contributed by atoms with E-state index < -0.39 is 0 Å². The lowest BCUT2D eigenvalue weighted by molar-refractivity contribution is 1.47. The lowest BCUT2D eigenvalue weighted by Gasteiger charge is -2.10. The molecule has 108 valence electrons. The van der Waals surface area contributed by atoms with Crippen molar-refractivity contribution < 1.29 is 0 Å². The molecule has 0 bridgehead atoms. The van der Waals surface area contributed by atoms with Crippen molar-refractivity contribution >= 4 is 28.4 Å². The molecular formula is C20H17NS. The number of thioether (sulfide) groups is 1. The van der Waals surface area contributed by atoms with Gasteiger partial charge in [0, 0.05) is 15.5 Å². The minimum atomic E-state index is 0.808. The number of rotatable bonds is 4. The van der Waals surface area contributed by atoms with Crippen LogP contribution in [-0.2, 0) is 0 Å². The molecule has 22 heavy (non-hydrogen) atoms. The number of hydrogen-bond acceptors (Lipinski definition) is 2. The van der Waals surface area contributed by atoms with E-state index in [2.05, 4.69) is 60.7 Å². The molecule has 0 aliphatic heterocycles. The number of benzene rings is 3. The highest BCUT2D eigenvalue weighted by Crippen LogP contribution is 2.38. The van der Waals surface area contributed by atoms with Crippen LogP contribution in [0.5, 0.6) is 0 Å². The molecule has 0 atom stereocenters. The first kappa shape index (κ1) is 14.5. The van der Waals surface area contributed by atoms with Crippen LogP contribution >= 0.6 is 11.8 Å². The van der Waals surface area contributed by atoms with Gasteiger partial charge in [-0.05, 0) is 29.3 Å². The fraction of sp³-hybridized carbons (Fsp3) is 0. The van der Waals surface area contributed by atoms with E-state index in [4.69, 9.17) is 5.73 Å². The van der Waals surface area contributed by atoms with Crippen LogP contribution in [0.25, 0.3) is 11.0 Å². The maximum atomic E-state index is 6.09. The Bertz CT molecular complexity index is 764. The van der Waals surface area contributed by atoms with Crippen LogP contribution in [0.2, 0.25) is 0 Å². The summed E-state index contributed by atoms with van der Waals surface area (Å²) in [6.07, 6.45) is 2.20. The summed E-state index contributed by atoms with van der Waals surface area (Å²) >= 11 is 1.70. The van der Waals surface area contributed by atoms with Gasteiger partial charge in [0.25, 0.3) is 0 Å². The second-order valence-electron chi connectivity index (χ2n) is 4.93. The van der Waals surface area contributed by atoms with Crippen LogP contribution < -0.4 is 5.73 Å². The third-order valence-electron chi connectivity index (χ3n) is 3.29. The minimum absolute atomic E-state index is 0.808. The lowest BCUT2D eigenvalue weighted by Crippen LogP contribution is -1.88. The Kier molecular flexibility index (Phi) is 4.62. The van der Waals surface area contributed by atoms with E-state index in [1.54, 1.807) is 11.8 Å². The summed E-state index contributed by atoms with van der Waals surface area (Å²) in [7, 11) is 0. The predicted octanol–water partition coefficient (Wildman–Crippen LogP) is 5.56. The summed E-state index contributed by atoms with van der Waals surface area (Å²) in [5, 5.41) is 0. The first-order valence-corrected chi connectivity index (χ1v) is 7.99. The maximum absolute atomic E-state index is 6.09. The van der Waals surface area contributed by atoms with Crippen LogP contribution in [0.1, 0.15) is 11.1 Å². The second kappa shape index (κ2) is 7.01. The van der Waals surface area contributed by atoms with Gasteiger partial charge < -0.3 is 5.73 Å². The molecule has 3 aromatic rings. The monoisotopic (exact) mass is 303 g/mol. The number of nitrogens with two attached hydrogens (primary N) is 1. The van der Waals surface area contributed by atoms with E-state index in [1.165, 1.54) is 16.0 Å². The molecule has 0 aromatic heterocycles. The van der Waals surface area contributed by atoms with Gasteiger partial charge in [-0.3, -0.25) is 0 Å². The Balaban J connectivity index is 2.01. The van der Waals surface area contributed by atoms with Gasteiger partial charge in [0.05, 0.1) is 0 Å². The Morgan fingerprint density at radius 3 is 2.00 bits per heavy atom. The van der Waals surface area contributed by atoms with Gasteiger partial charge in [-0.15, -0.1) is 0 Å². The molecule has 1 nitrogen and oxygen atoms in total. The number of anilines is 1. The van der Waals surface area contributed by atoms with Crippen molar-refractivity contribution in [2.24, 2.45) is 0 Å². The molecule has 0 saturated carbocycles. The molecule has 3 rings (SSSR count). The third-order valence-corrected chi connectivity index (χ3v) is 4.46. The number of hydrogen-bond donors (Lipinski definition) is 1. The highest BCUT2D eigenvalue weighted by molar-refractivity contribution is 8.08. The van der Waals surface area contributed by atoms with Crippen molar-refractivity contribution in [2.45, 2.75) is 4.90 Å². The van der Waals surface area contributed by atoms with Crippen LogP contribution in [-0.4, -0.2) is 0 Å². The molecule has 0 saturated heterocycles. The topological polar surface area (TPSA) is 26.0 Å². The lowest BCUT2D eigenvalue weighted by atomic mass is 10.1. The van der Waals surface area contributed by atoms with Crippen molar-refractivity contribution in [3.05, 3.63) is 96.1 Å². The highest BCUT2D eigenvalue weighted by atomic mass is 32.2. The summed E-state index contributed by atoms with van der Waals surface area (Å²) in [6, 6.07) is 28.7. The zero-order valence-electron chi connectivity index (χ0n) is 12.1. The minimum Gasteiger partial charge on any atom is -0.398 e. The molecule has 0 fully saturated rings. The standard InChI is InChI=1S/C20H17NS/c21-18-13-7-8-14-19(18)22-20(17-11-5-2-6-12-17)15-16-9-3-1-4-10-16/h1-15H,21H2/b20-15-. The first-order valence-electron chi connectivity index (χ1n) is 7.17. The van der Waals surface area contributed by atoms with E-state index in [-0.39, 0.29) is 0 Å². The van der Waals surface area contributed by atoms with Gasteiger partial charge >= 0.3 is 0 Å². The Labute approximate surface area is 135 Å². The normalized spacial score (nSPS) is 11.4. The summed E-state index contributed by atoms with van der Waals surface area (Å²) in [5.41, 5.74) is 9.28. The molecule has 0 aliphatic carbocycles. The smallest absolute Gasteiger partial charge is 0.0455 e. The van der Waals surface area contributed by atoms with E-state index in [1.807, 2.05) is 30.3 Å². The molecule has 0 radical (unpaired) electrons. The highest BCUT2D eigenvalue weighted by Gasteiger charge is 2.06. The van der Waals surface area contributed by atoms with Crippen LogP contribution in [0.4, 0.5) is 5.69 Å². The van der Waals surface area contributed by atoms with Crippen molar-refractivity contribution in [1.29, 1.82) is 0 Å². The molecule has 2 heteroatoms.